The molecule has 3 unspecified atom stereocenters. The summed E-state index contributed by atoms with van der Waals surface area (Å²) in [6.45, 7) is 24.5. The molecule has 0 aromatic heterocycles. The van der Waals surface area contributed by atoms with Crippen LogP contribution >= 0.6 is 0 Å². The normalized spacial score (nSPS) is 18.7. The first-order valence-corrected chi connectivity index (χ1v) is 19.9. The van der Waals surface area contributed by atoms with Crippen molar-refractivity contribution in [2.24, 2.45) is 11.8 Å². The molecule has 3 fully saturated rings. The number of nitrogens with zero attached hydrogens (tertiary/aromatic N) is 3. The van der Waals surface area contributed by atoms with Gasteiger partial charge in [-0.1, -0.05) is 92.2 Å². The second kappa shape index (κ2) is 23.9. The Morgan fingerprint density at radius 3 is 2.15 bits per heavy atom. The Kier molecular flexibility index (Phi) is 20.2. The number of likely N-dealkylation sites (N-methyl/N-ethyl adjacent to an activating group) is 1. The van der Waals surface area contributed by atoms with E-state index in [0.717, 1.165) is 80.1 Å². The van der Waals surface area contributed by atoms with Crippen molar-refractivity contribution in [1.82, 2.24) is 20.4 Å². The summed E-state index contributed by atoms with van der Waals surface area (Å²) in [7, 11) is 1.62. The summed E-state index contributed by atoms with van der Waals surface area (Å²) < 4.78 is 5.14. The molecule has 296 valence electrons. The Bertz CT molecular complexity index is 1600. The topological polar surface area (TPSA) is 111 Å². The lowest BCUT2D eigenvalue weighted by molar-refractivity contribution is -0.119. The molecule has 4 amide bonds. The van der Waals surface area contributed by atoms with Gasteiger partial charge >= 0.3 is 6.03 Å². The van der Waals surface area contributed by atoms with Gasteiger partial charge in [0.2, 0.25) is 5.91 Å². The minimum absolute atomic E-state index is 0.109. The Morgan fingerprint density at radius 2 is 1.63 bits per heavy atom. The number of benzene rings is 2. The maximum absolute atomic E-state index is 12.9. The van der Waals surface area contributed by atoms with Crippen LogP contribution in [-0.2, 0) is 16.0 Å². The number of rotatable bonds is 10. The lowest BCUT2D eigenvalue weighted by atomic mass is 9.93. The average molecular weight is 744 g/mol. The molecular formula is C44H65N5O5. The Hall–Kier alpha value is -4.62. The zero-order chi connectivity index (χ0) is 40.2. The fourth-order valence-corrected chi connectivity index (χ4v) is 6.35. The fraction of sp³-hybridized carbons (Fsp3) is 0.545. The van der Waals surface area contributed by atoms with Crippen molar-refractivity contribution in [2.75, 3.05) is 51.3 Å². The van der Waals surface area contributed by atoms with Crippen LogP contribution < -0.4 is 20.3 Å². The number of allylic oxidation sites excluding steroid dienone is 1. The van der Waals surface area contributed by atoms with E-state index in [9.17, 15) is 19.2 Å². The van der Waals surface area contributed by atoms with Gasteiger partial charge in [0.15, 0.2) is 11.8 Å². The van der Waals surface area contributed by atoms with E-state index in [0.29, 0.717) is 18.9 Å². The summed E-state index contributed by atoms with van der Waals surface area (Å²) in [4.78, 5) is 54.0. The average Bonchev–Trinajstić information content (AvgIpc) is 3.73. The van der Waals surface area contributed by atoms with Gasteiger partial charge in [-0.15, -0.1) is 0 Å². The second-order valence-electron chi connectivity index (χ2n) is 13.6. The van der Waals surface area contributed by atoms with Gasteiger partial charge in [-0.2, -0.15) is 0 Å². The molecule has 54 heavy (non-hydrogen) atoms. The highest BCUT2D eigenvalue weighted by Crippen LogP contribution is 2.32. The summed E-state index contributed by atoms with van der Waals surface area (Å²) in [5.74, 6) is 7.04. The van der Waals surface area contributed by atoms with Crippen LogP contribution in [0, 0.1) is 23.7 Å². The number of hydrogen-bond acceptors (Lipinski definition) is 7. The van der Waals surface area contributed by atoms with Gasteiger partial charge in [-0.25, -0.2) is 4.79 Å². The number of carbonyl (C=O) groups is 4. The van der Waals surface area contributed by atoms with Gasteiger partial charge in [-0.05, 0) is 74.2 Å². The number of amides is 4. The summed E-state index contributed by atoms with van der Waals surface area (Å²) in [5.41, 5.74) is 4.80. The predicted molar refractivity (Wildman–Crippen MR) is 220 cm³/mol. The zero-order valence-corrected chi connectivity index (χ0v) is 34.5. The van der Waals surface area contributed by atoms with E-state index in [1.807, 2.05) is 61.2 Å². The van der Waals surface area contributed by atoms with Gasteiger partial charge < -0.3 is 24.8 Å². The molecule has 0 aliphatic carbocycles. The minimum Gasteiger partial charge on any atom is -0.497 e. The number of Topliss-reactive ketones (excluding diaryl/α,β-unsaturated/α-hetero) is 1. The summed E-state index contributed by atoms with van der Waals surface area (Å²) >= 11 is 0. The highest BCUT2D eigenvalue weighted by molar-refractivity contribution is 6.06. The molecule has 10 nitrogen and oxygen atoms in total. The Morgan fingerprint density at radius 1 is 0.981 bits per heavy atom. The fourth-order valence-electron chi connectivity index (χ4n) is 6.35. The smallest absolute Gasteiger partial charge is 0.322 e. The molecule has 0 saturated carbocycles. The number of nitrogens with one attached hydrogen (secondary N) is 2. The van der Waals surface area contributed by atoms with Crippen LogP contribution in [-0.4, -0.2) is 85.8 Å². The Labute approximate surface area is 325 Å². The van der Waals surface area contributed by atoms with Crippen molar-refractivity contribution in [3.05, 3.63) is 70.9 Å². The third-order valence-corrected chi connectivity index (χ3v) is 9.42. The molecule has 0 spiro atoms. The van der Waals surface area contributed by atoms with Gasteiger partial charge in [0, 0.05) is 67.6 Å². The van der Waals surface area contributed by atoms with Crippen molar-refractivity contribution in [3.63, 3.8) is 0 Å². The lowest BCUT2D eigenvalue weighted by Gasteiger charge is -2.38. The second-order valence-corrected chi connectivity index (χ2v) is 13.6. The number of hydrogen-bond donors (Lipinski definition) is 2. The number of piperazine rings is 1. The van der Waals surface area contributed by atoms with Crippen molar-refractivity contribution in [3.8, 4) is 17.6 Å². The van der Waals surface area contributed by atoms with E-state index >= 15 is 0 Å². The summed E-state index contributed by atoms with van der Waals surface area (Å²) in [5, 5.41) is 4.62. The molecule has 10 heteroatoms. The number of methoxy groups -OCH3 is 1. The molecule has 3 saturated heterocycles. The molecule has 0 radical (unpaired) electrons. The van der Waals surface area contributed by atoms with E-state index in [4.69, 9.17) is 4.74 Å². The molecule has 2 aromatic carbocycles. The van der Waals surface area contributed by atoms with Crippen LogP contribution in [0.4, 0.5) is 10.5 Å². The van der Waals surface area contributed by atoms with Gasteiger partial charge in [-0.3, -0.25) is 19.7 Å². The number of ether oxygens (including phenoxy) is 1. The molecule has 2 aromatic rings. The molecule has 0 bridgehead atoms. The molecule has 2 N–H and O–H groups in total. The first-order chi connectivity index (χ1) is 26.0. The van der Waals surface area contributed by atoms with Crippen LogP contribution in [0.3, 0.4) is 0 Å². The number of urea groups is 1. The monoisotopic (exact) mass is 743 g/mol. The first kappa shape index (κ1) is 45.5. The number of anilines is 1. The number of ketones is 1. The predicted octanol–water partition coefficient (Wildman–Crippen LogP) is 7.46. The largest absolute Gasteiger partial charge is 0.497 e. The highest BCUT2D eigenvalue weighted by atomic mass is 16.5. The van der Waals surface area contributed by atoms with Crippen LogP contribution in [0.2, 0.25) is 0 Å². The maximum Gasteiger partial charge on any atom is 0.322 e. The molecule has 3 atom stereocenters. The number of imide groups is 1. The third-order valence-electron chi connectivity index (χ3n) is 9.42. The van der Waals surface area contributed by atoms with Crippen molar-refractivity contribution in [2.45, 2.75) is 100 Å². The van der Waals surface area contributed by atoms with E-state index in [2.05, 4.69) is 79.9 Å². The molecular weight excluding hydrogens is 679 g/mol. The lowest BCUT2D eigenvalue weighted by Crippen LogP contribution is -2.46. The molecule has 3 aliphatic rings. The quantitative estimate of drug-likeness (QED) is 0.148. The SMILES string of the molecule is CC.CC/C=C(/C1CC(=O)N(c2ccc(C#CC3NC(=O)NC3=O)cc2)C1)N1CCN(CC)CC1.CCC.CCC(C)Cc1ccc(OC)cc1C(C)=O. The van der Waals surface area contributed by atoms with Crippen molar-refractivity contribution < 1.29 is 23.9 Å². The van der Waals surface area contributed by atoms with Crippen molar-refractivity contribution >= 4 is 29.3 Å². The van der Waals surface area contributed by atoms with Crippen molar-refractivity contribution in [1.29, 1.82) is 0 Å². The van der Waals surface area contributed by atoms with Crippen LogP contribution in [0.25, 0.3) is 0 Å². The Balaban J connectivity index is 0.000000402. The van der Waals surface area contributed by atoms with E-state index < -0.39 is 18.0 Å². The van der Waals surface area contributed by atoms with Gasteiger partial charge in [0.05, 0.1) is 7.11 Å². The standard InChI is InChI=1S/C25H31N5O3.C14H20O2.C3H8.C2H6/c1-3-5-22(29-14-12-28(4-2)13-15-29)19-16-23(31)30(17-19)20-9-6-18(7-10-20)8-11-21-24(32)27-25(33)26-21;1-5-10(2)8-12-6-7-13(16-4)9-14(12)11(3)15;1-3-2;1-2/h5-7,9-10,19,21H,3-4,12-17H2,1-2H3,(H2,26,27,32,33);6-7,9-10H,5,8H2,1-4H3;3H2,1-2H3;1-2H3/b22-5-;;;. The van der Waals surface area contributed by atoms with E-state index in [1.165, 1.54) is 12.1 Å². The number of carbonyl (C=O) groups excluding carboxylic acids is 4. The van der Waals surface area contributed by atoms with Crippen LogP contribution in [0.5, 0.6) is 5.75 Å². The summed E-state index contributed by atoms with van der Waals surface area (Å²) in [6.07, 6.45) is 7.11. The van der Waals surface area contributed by atoms with E-state index in [-0.39, 0.29) is 17.6 Å². The van der Waals surface area contributed by atoms with Crippen LogP contribution in [0.1, 0.15) is 109 Å². The van der Waals surface area contributed by atoms with Gasteiger partial charge in [0.25, 0.3) is 5.91 Å². The minimum atomic E-state index is -0.832. The molecule has 3 aliphatic heterocycles. The molecule has 3 heterocycles. The first-order valence-electron chi connectivity index (χ1n) is 19.9. The highest BCUT2D eigenvalue weighted by Gasteiger charge is 2.35. The zero-order valence-electron chi connectivity index (χ0n) is 34.5. The third kappa shape index (κ3) is 13.7. The maximum atomic E-state index is 12.9. The van der Waals surface area contributed by atoms with Gasteiger partial charge in [0.1, 0.15) is 5.75 Å². The van der Waals surface area contributed by atoms with E-state index in [1.54, 1.807) is 14.0 Å². The molecule has 5 rings (SSSR count). The summed E-state index contributed by atoms with van der Waals surface area (Å²) in [6, 6.07) is 11.9. The van der Waals surface area contributed by atoms with Crippen LogP contribution in [0.15, 0.2) is 54.2 Å².